The minimum absolute atomic E-state index is 0.0712. The van der Waals surface area contributed by atoms with E-state index in [1.165, 1.54) is 64.5 Å². The molecule has 3 fully saturated rings. The molecular weight excluding hydrogens is 560 g/mol. The van der Waals surface area contributed by atoms with Crippen LogP contribution >= 0.6 is 0 Å². The van der Waals surface area contributed by atoms with E-state index in [9.17, 15) is 14.7 Å². The SMILES string of the molecule is C[C@H](NC(=O)c1c(CCCN2CCC(N3CCCCC3)CC2)c(-c2ccccc2)nc2cc(C(=O)O)ccc12)C1CCCCC1. The minimum atomic E-state index is -0.995. The van der Waals surface area contributed by atoms with E-state index in [1.807, 2.05) is 30.3 Å². The number of carbonyl (C=O) groups excluding carboxylic acids is 1. The zero-order chi connectivity index (χ0) is 31.2. The van der Waals surface area contributed by atoms with Gasteiger partial charge in [-0.1, -0.05) is 62.1 Å². The lowest BCUT2D eigenvalue weighted by molar-refractivity contribution is 0.0696. The Morgan fingerprint density at radius 1 is 0.911 bits per heavy atom. The molecule has 2 saturated heterocycles. The fourth-order valence-corrected chi connectivity index (χ4v) is 8.08. The van der Waals surface area contributed by atoms with Crippen LogP contribution in [0.15, 0.2) is 48.5 Å². The number of hydrogen-bond donors (Lipinski definition) is 2. The van der Waals surface area contributed by atoms with Crippen molar-refractivity contribution in [2.75, 3.05) is 32.7 Å². The zero-order valence-corrected chi connectivity index (χ0v) is 27.0. The van der Waals surface area contributed by atoms with Crippen LogP contribution < -0.4 is 5.32 Å². The van der Waals surface area contributed by atoms with Gasteiger partial charge in [0.25, 0.3) is 5.91 Å². The lowest BCUT2D eigenvalue weighted by Crippen LogP contribution is -2.46. The smallest absolute Gasteiger partial charge is 0.335 e. The van der Waals surface area contributed by atoms with Crippen LogP contribution in [0.5, 0.6) is 0 Å². The molecule has 45 heavy (non-hydrogen) atoms. The second kappa shape index (κ2) is 14.9. The van der Waals surface area contributed by atoms with Gasteiger partial charge in [-0.05, 0) is 115 Å². The number of piperidine rings is 2. The van der Waals surface area contributed by atoms with E-state index >= 15 is 0 Å². The fraction of sp³-hybridized carbons (Fsp3) is 0.553. The van der Waals surface area contributed by atoms with Crippen molar-refractivity contribution in [1.82, 2.24) is 20.1 Å². The summed E-state index contributed by atoms with van der Waals surface area (Å²) in [5, 5.41) is 13.9. The second-order valence-electron chi connectivity index (χ2n) is 13.7. The first-order valence-corrected chi connectivity index (χ1v) is 17.5. The second-order valence-corrected chi connectivity index (χ2v) is 13.7. The molecule has 7 nitrogen and oxygen atoms in total. The summed E-state index contributed by atoms with van der Waals surface area (Å²) in [5.41, 5.74) is 4.08. The Labute approximate surface area is 268 Å². The molecule has 0 bridgehead atoms. The first-order chi connectivity index (χ1) is 22.0. The van der Waals surface area contributed by atoms with Crippen molar-refractivity contribution in [1.29, 1.82) is 0 Å². The van der Waals surface area contributed by atoms with Gasteiger partial charge in [0.1, 0.15) is 0 Å². The number of carboxylic acids is 1. The van der Waals surface area contributed by atoms with E-state index in [1.54, 1.807) is 18.2 Å². The molecule has 2 N–H and O–H groups in total. The third-order valence-electron chi connectivity index (χ3n) is 10.7. The molecule has 7 heteroatoms. The van der Waals surface area contributed by atoms with Gasteiger partial charge in [0.15, 0.2) is 0 Å². The zero-order valence-electron chi connectivity index (χ0n) is 27.0. The molecule has 3 aliphatic rings. The number of pyridine rings is 1. The maximum atomic E-state index is 14.3. The number of carbonyl (C=O) groups is 2. The Balaban J connectivity index is 1.28. The van der Waals surface area contributed by atoms with Gasteiger partial charge in [-0.15, -0.1) is 0 Å². The number of hydrogen-bond acceptors (Lipinski definition) is 5. The molecule has 0 spiro atoms. The summed E-state index contributed by atoms with van der Waals surface area (Å²) in [6, 6.07) is 15.9. The van der Waals surface area contributed by atoms with Gasteiger partial charge < -0.3 is 20.2 Å². The Morgan fingerprint density at radius 2 is 1.62 bits per heavy atom. The van der Waals surface area contributed by atoms with Crippen LogP contribution in [0.3, 0.4) is 0 Å². The number of likely N-dealkylation sites (tertiary alicyclic amines) is 2. The topological polar surface area (TPSA) is 85.8 Å². The molecule has 2 aliphatic heterocycles. The highest BCUT2D eigenvalue weighted by atomic mass is 16.4. The van der Waals surface area contributed by atoms with E-state index in [2.05, 4.69) is 22.0 Å². The van der Waals surface area contributed by atoms with Crippen LogP contribution in [0.1, 0.15) is 104 Å². The maximum absolute atomic E-state index is 14.3. The average molecular weight is 611 g/mol. The molecule has 1 amide bonds. The van der Waals surface area contributed by atoms with Crippen molar-refractivity contribution >= 4 is 22.8 Å². The van der Waals surface area contributed by atoms with Gasteiger partial charge >= 0.3 is 5.97 Å². The third-order valence-corrected chi connectivity index (χ3v) is 10.7. The summed E-state index contributed by atoms with van der Waals surface area (Å²) in [4.78, 5) is 36.6. The van der Waals surface area contributed by atoms with Gasteiger partial charge in [0.2, 0.25) is 0 Å². The minimum Gasteiger partial charge on any atom is -0.478 e. The predicted octanol–water partition coefficient (Wildman–Crippen LogP) is 7.18. The highest BCUT2D eigenvalue weighted by molar-refractivity contribution is 6.10. The van der Waals surface area contributed by atoms with Crippen molar-refractivity contribution in [3.05, 3.63) is 65.2 Å². The number of aromatic carboxylic acids is 1. The molecular formula is C38H50N4O3. The van der Waals surface area contributed by atoms with Crippen molar-refractivity contribution in [2.24, 2.45) is 5.92 Å². The van der Waals surface area contributed by atoms with Crippen molar-refractivity contribution < 1.29 is 14.7 Å². The maximum Gasteiger partial charge on any atom is 0.335 e. The molecule has 0 unspecified atom stereocenters. The average Bonchev–Trinajstić information content (AvgIpc) is 3.09. The number of rotatable bonds is 10. The van der Waals surface area contributed by atoms with Crippen LogP contribution in [0.4, 0.5) is 0 Å². The number of aromatic nitrogens is 1. The first-order valence-electron chi connectivity index (χ1n) is 17.5. The predicted molar refractivity (Wildman–Crippen MR) is 181 cm³/mol. The molecule has 1 aromatic heterocycles. The molecule has 3 aromatic rings. The number of nitrogens with one attached hydrogen (secondary N) is 1. The van der Waals surface area contributed by atoms with Crippen molar-refractivity contribution in [3.63, 3.8) is 0 Å². The van der Waals surface area contributed by atoms with Gasteiger partial charge in [0, 0.05) is 23.0 Å². The number of nitrogens with zero attached hydrogens (tertiary/aromatic N) is 3. The Kier molecular flexibility index (Phi) is 10.5. The lowest BCUT2D eigenvalue weighted by atomic mass is 9.84. The number of amides is 1. The molecule has 3 heterocycles. The van der Waals surface area contributed by atoms with E-state index in [4.69, 9.17) is 4.98 Å². The molecule has 1 atom stereocenters. The monoisotopic (exact) mass is 610 g/mol. The van der Waals surface area contributed by atoms with Crippen LogP contribution in [0.2, 0.25) is 0 Å². The number of fused-ring (bicyclic) bond motifs is 1. The van der Waals surface area contributed by atoms with Crippen LogP contribution in [0, 0.1) is 5.92 Å². The van der Waals surface area contributed by atoms with E-state index in [0.29, 0.717) is 17.0 Å². The summed E-state index contributed by atoms with van der Waals surface area (Å²) in [6.07, 6.45) is 14.2. The molecule has 1 saturated carbocycles. The van der Waals surface area contributed by atoms with Gasteiger partial charge in [-0.25, -0.2) is 9.78 Å². The van der Waals surface area contributed by atoms with Crippen LogP contribution in [-0.4, -0.2) is 76.6 Å². The first kappa shape index (κ1) is 31.7. The highest BCUT2D eigenvalue weighted by Crippen LogP contribution is 2.33. The van der Waals surface area contributed by atoms with E-state index in [-0.39, 0.29) is 17.5 Å². The van der Waals surface area contributed by atoms with E-state index < -0.39 is 5.97 Å². The molecule has 2 aromatic carbocycles. The molecule has 0 radical (unpaired) electrons. The summed E-state index contributed by atoms with van der Waals surface area (Å²) in [7, 11) is 0. The van der Waals surface area contributed by atoms with Crippen LogP contribution in [0.25, 0.3) is 22.2 Å². The summed E-state index contributed by atoms with van der Waals surface area (Å²) < 4.78 is 0. The third kappa shape index (κ3) is 7.58. The Bertz CT molecular complexity index is 1450. The Hall–Kier alpha value is -3.29. The van der Waals surface area contributed by atoms with Gasteiger partial charge in [-0.2, -0.15) is 0 Å². The molecule has 6 rings (SSSR count). The molecule has 1 aliphatic carbocycles. The summed E-state index contributed by atoms with van der Waals surface area (Å²) in [6.45, 7) is 7.93. The normalized spacial score (nSPS) is 19.8. The molecule has 240 valence electrons. The fourth-order valence-electron chi connectivity index (χ4n) is 8.08. The van der Waals surface area contributed by atoms with Gasteiger partial charge in [0.05, 0.1) is 22.3 Å². The lowest BCUT2D eigenvalue weighted by Gasteiger charge is -2.40. The highest BCUT2D eigenvalue weighted by Gasteiger charge is 2.28. The van der Waals surface area contributed by atoms with Crippen LogP contribution in [-0.2, 0) is 6.42 Å². The van der Waals surface area contributed by atoms with E-state index in [0.717, 1.165) is 73.6 Å². The number of carboxylic acid groups (broad SMARTS) is 1. The number of benzene rings is 2. The van der Waals surface area contributed by atoms with Gasteiger partial charge in [-0.3, -0.25) is 4.79 Å². The Morgan fingerprint density at radius 3 is 2.33 bits per heavy atom. The van der Waals surface area contributed by atoms with Crippen molar-refractivity contribution in [3.8, 4) is 11.3 Å². The summed E-state index contributed by atoms with van der Waals surface area (Å²) in [5.74, 6) is -0.581. The summed E-state index contributed by atoms with van der Waals surface area (Å²) >= 11 is 0. The quantitative estimate of drug-likeness (QED) is 0.253. The standard InChI is InChI=1S/C38H50N4O3/c1-27(28-12-5-2-6-13-28)39-37(43)35-32-18-17-30(38(44)45)26-34(32)40-36(29-14-7-3-8-15-29)33(35)16-11-21-41-24-19-31(20-25-41)42-22-9-4-10-23-42/h3,7-8,14-15,17-18,26-28,31H,2,4-6,9-13,16,19-25H2,1H3,(H,39,43)(H,44,45)/t27-/m0/s1. The van der Waals surface area contributed by atoms with Crippen molar-refractivity contribution in [2.45, 2.75) is 96.1 Å². The largest absolute Gasteiger partial charge is 0.478 e.